The normalized spacial score (nSPS) is 39.3. The Balaban J connectivity index is 1.47. The zero-order valence-electron chi connectivity index (χ0n) is 19.0. The summed E-state index contributed by atoms with van der Waals surface area (Å²) in [5.74, 6) is 1.77. The summed E-state index contributed by atoms with van der Waals surface area (Å²) in [6.07, 6.45) is 10.00. The molecule has 1 aromatic rings. The Hall–Kier alpha value is -1.91. The van der Waals surface area contributed by atoms with E-state index >= 15 is 0 Å². The lowest BCUT2D eigenvalue weighted by Gasteiger charge is -2.57. The van der Waals surface area contributed by atoms with Crippen LogP contribution in [0.3, 0.4) is 0 Å². The highest BCUT2D eigenvalue weighted by Crippen LogP contribution is 2.64. The molecule has 4 aliphatic rings. The molecule has 1 heterocycles. The van der Waals surface area contributed by atoms with Crippen molar-refractivity contribution in [3.63, 3.8) is 0 Å². The maximum absolute atomic E-state index is 12.2. The van der Waals surface area contributed by atoms with Crippen molar-refractivity contribution in [3.8, 4) is 0 Å². The molecule has 5 rings (SSSR count). The van der Waals surface area contributed by atoms with Gasteiger partial charge in [0.25, 0.3) is 0 Å². The second-order valence-electron chi connectivity index (χ2n) is 10.7. The zero-order chi connectivity index (χ0) is 21.4. The van der Waals surface area contributed by atoms with Crippen LogP contribution < -0.4 is 0 Å². The molecule has 5 nitrogen and oxygen atoms in total. The molecule has 0 saturated heterocycles. The smallest absolute Gasteiger partial charge is 0.302 e. The molecule has 0 amide bonds. The number of aryl methyl sites for hydroxylation is 1. The molecule has 162 valence electrons. The van der Waals surface area contributed by atoms with Gasteiger partial charge >= 0.3 is 5.97 Å². The lowest BCUT2D eigenvalue weighted by atomic mass is 9.47. The number of aromatic nitrogens is 2. The Bertz CT molecular complexity index is 960. The van der Waals surface area contributed by atoms with Crippen LogP contribution >= 0.6 is 0 Å². The molecule has 2 fully saturated rings. The molecule has 30 heavy (non-hydrogen) atoms. The molecule has 0 N–H and O–H groups in total. The number of nitrogens with zero attached hydrogens (tertiary/aromatic N) is 2. The molecular weight excluding hydrogens is 376 g/mol. The average molecular weight is 411 g/mol. The highest BCUT2D eigenvalue weighted by molar-refractivity contribution is 5.77. The minimum atomic E-state index is -0.162. The summed E-state index contributed by atoms with van der Waals surface area (Å²) >= 11 is 0. The van der Waals surface area contributed by atoms with E-state index in [2.05, 4.69) is 31.9 Å². The summed E-state index contributed by atoms with van der Waals surface area (Å²) in [7, 11) is 0. The van der Waals surface area contributed by atoms with Crippen LogP contribution in [0.25, 0.3) is 0 Å². The van der Waals surface area contributed by atoms with Gasteiger partial charge in [-0.25, -0.2) is 4.68 Å². The van der Waals surface area contributed by atoms with Gasteiger partial charge in [0.1, 0.15) is 6.10 Å². The Morgan fingerprint density at radius 3 is 2.53 bits per heavy atom. The second kappa shape index (κ2) is 6.54. The van der Waals surface area contributed by atoms with Crippen molar-refractivity contribution in [1.82, 2.24) is 9.78 Å². The predicted molar refractivity (Wildman–Crippen MR) is 114 cm³/mol. The van der Waals surface area contributed by atoms with Crippen molar-refractivity contribution in [2.75, 3.05) is 0 Å². The van der Waals surface area contributed by atoms with E-state index < -0.39 is 0 Å². The van der Waals surface area contributed by atoms with Gasteiger partial charge in [0.05, 0.1) is 11.4 Å². The number of carbonyl (C=O) groups is 2. The van der Waals surface area contributed by atoms with Crippen molar-refractivity contribution in [2.45, 2.75) is 91.1 Å². The van der Waals surface area contributed by atoms with Crippen molar-refractivity contribution in [1.29, 1.82) is 0 Å². The van der Waals surface area contributed by atoms with Gasteiger partial charge in [-0.3, -0.25) is 9.59 Å². The fourth-order valence-corrected chi connectivity index (χ4v) is 7.95. The lowest BCUT2D eigenvalue weighted by molar-refractivity contribution is -0.148. The summed E-state index contributed by atoms with van der Waals surface area (Å²) < 4.78 is 7.25. The highest BCUT2D eigenvalue weighted by Gasteiger charge is 2.59. The molecule has 0 bridgehead atoms. The summed E-state index contributed by atoms with van der Waals surface area (Å²) in [6.45, 7) is 10.1. The van der Waals surface area contributed by atoms with E-state index in [9.17, 15) is 9.59 Å². The number of hydrogen-bond acceptors (Lipinski definition) is 4. The maximum atomic E-state index is 12.2. The molecule has 6 atom stereocenters. The SMILES string of the molecule is CC(=O)O[C@H]1CC[C@@]2(C)C(=CC[C@H]3[C@H]2CC[C@@]2(C)c4c(C)nn(C(C)=O)c4C[C@@H]32)C1. The predicted octanol–water partition coefficient (Wildman–Crippen LogP) is 4.76. The third-order valence-corrected chi connectivity index (χ3v) is 9.22. The van der Waals surface area contributed by atoms with Crippen LogP contribution in [0.5, 0.6) is 0 Å². The van der Waals surface area contributed by atoms with Gasteiger partial charge < -0.3 is 4.74 Å². The quantitative estimate of drug-likeness (QED) is 0.495. The van der Waals surface area contributed by atoms with Crippen LogP contribution in [0.4, 0.5) is 0 Å². The maximum Gasteiger partial charge on any atom is 0.302 e. The van der Waals surface area contributed by atoms with Gasteiger partial charge in [-0.15, -0.1) is 0 Å². The first-order valence-corrected chi connectivity index (χ1v) is 11.6. The number of fused-ring (bicyclic) bond motifs is 7. The minimum absolute atomic E-state index is 0.0275. The molecule has 0 radical (unpaired) electrons. The van der Waals surface area contributed by atoms with E-state index in [1.165, 1.54) is 36.6 Å². The van der Waals surface area contributed by atoms with Crippen LogP contribution in [0.15, 0.2) is 11.6 Å². The standard InChI is InChI=1S/C25H34N2O3/c1-14-23-22(27(26-14)15(2)28)13-21-19-7-6-17-12-18(30-16(3)29)8-10-24(17,4)20(19)9-11-25(21,23)5/h6,18-21H,7-13H2,1-5H3/t18-,19-,20+,21-,24-,25+/m0/s1. The first-order chi connectivity index (χ1) is 14.1. The van der Waals surface area contributed by atoms with Crippen molar-refractivity contribution in [3.05, 3.63) is 28.6 Å². The Kier molecular flexibility index (Phi) is 4.37. The third-order valence-electron chi connectivity index (χ3n) is 9.22. The average Bonchev–Trinajstić information content (AvgIpc) is 3.16. The number of esters is 1. The van der Waals surface area contributed by atoms with E-state index in [1.54, 1.807) is 11.6 Å². The van der Waals surface area contributed by atoms with E-state index in [0.29, 0.717) is 17.8 Å². The molecule has 1 aromatic heterocycles. The Labute approximate surface area is 179 Å². The Morgan fingerprint density at radius 2 is 1.83 bits per heavy atom. The monoisotopic (exact) mass is 410 g/mol. The van der Waals surface area contributed by atoms with Crippen molar-refractivity contribution >= 4 is 11.9 Å². The molecule has 0 spiro atoms. The fraction of sp³-hybridized carbons (Fsp3) is 0.720. The first-order valence-electron chi connectivity index (χ1n) is 11.6. The van der Waals surface area contributed by atoms with Gasteiger partial charge in [-0.05, 0) is 74.0 Å². The molecule has 0 aromatic carbocycles. The summed E-state index contributed by atoms with van der Waals surface area (Å²) in [6, 6.07) is 0. The van der Waals surface area contributed by atoms with E-state index in [-0.39, 0.29) is 28.8 Å². The zero-order valence-corrected chi connectivity index (χ0v) is 19.0. The fourth-order valence-electron chi connectivity index (χ4n) is 7.95. The van der Waals surface area contributed by atoms with Crippen molar-refractivity contribution < 1.29 is 14.3 Å². The van der Waals surface area contributed by atoms with Crippen molar-refractivity contribution in [2.24, 2.45) is 23.2 Å². The number of allylic oxidation sites excluding steroid dienone is 1. The van der Waals surface area contributed by atoms with Gasteiger partial charge in [-0.1, -0.05) is 25.5 Å². The van der Waals surface area contributed by atoms with Gasteiger partial charge in [0.15, 0.2) is 0 Å². The van der Waals surface area contributed by atoms with E-state index in [0.717, 1.165) is 37.8 Å². The first kappa shape index (κ1) is 20.0. The van der Waals surface area contributed by atoms with Gasteiger partial charge in [0, 0.05) is 25.8 Å². The third kappa shape index (κ3) is 2.63. The lowest BCUT2D eigenvalue weighted by Crippen LogP contribution is -2.51. The van der Waals surface area contributed by atoms with Crippen LogP contribution in [0.1, 0.15) is 88.0 Å². The van der Waals surface area contributed by atoms with Crippen LogP contribution in [-0.2, 0) is 21.4 Å². The van der Waals surface area contributed by atoms with E-state index in [4.69, 9.17) is 4.74 Å². The minimum Gasteiger partial charge on any atom is -0.462 e. The van der Waals surface area contributed by atoms with E-state index in [1.807, 2.05) is 0 Å². The number of hydrogen-bond donors (Lipinski definition) is 0. The van der Waals surface area contributed by atoms with Crippen LogP contribution in [-0.4, -0.2) is 27.8 Å². The molecule has 0 unspecified atom stereocenters. The number of rotatable bonds is 1. The largest absolute Gasteiger partial charge is 0.462 e. The molecule has 4 aliphatic carbocycles. The molecule has 2 saturated carbocycles. The molecule has 0 aliphatic heterocycles. The second-order valence-corrected chi connectivity index (χ2v) is 10.7. The summed E-state index contributed by atoms with van der Waals surface area (Å²) in [5, 5.41) is 4.60. The summed E-state index contributed by atoms with van der Waals surface area (Å²) in [4.78, 5) is 23.7. The Morgan fingerprint density at radius 1 is 1.10 bits per heavy atom. The van der Waals surface area contributed by atoms with Gasteiger partial charge in [0.2, 0.25) is 5.91 Å². The number of ether oxygens (including phenoxy) is 1. The van der Waals surface area contributed by atoms with Crippen LogP contribution in [0, 0.1) is 30.1 Å². The molecular formula is C25H34N2O3. The molecule has 5 heteroatoms. The topological polar surface area (TPSA) is 61.2 Å². The number of carbonyl (C=O) groups excluding carboxylic acids is 2. The highest BCUT2D eigenvalue weighted by atomic mass is 16.5. The summed E-state index contributed by atoms with van der Waals surface area (Å²) in [5.41, 5.74) is 5.45. The van der Waals surface area contributed by atoms with Crippen LogP contribution in [0.2, 0.25) is 0 Å². The van der Waals surface area contributed by atoms with Gasteiger partial charge in [-0.2, -0.15) is 5.10 Å².